The molecule has 4 aromatic carbocycles. The van der Waals surface area contributed by atoms with Gasteiger partial charge in [-0.1, -0.05) is 97.1 Å². The summed E-state index contributed by atoms with van der Waals surface area (Å²) < 4.78 is 31.5. The Bertz CT molecular complexity index is 1580. The van der Waals surface area contributed by atoms with Crippen LogP contribution in [0, 0.1) is 0 Å². The average Bonchev–Trinajstić information content (AvgIpc) is 3.09. The molecule has 2 heterocycles. The van der Waals surface area contributed by atoms with Gasteiger partial charge in [0.1, 0.15) is 18.2 Å². The van der Waals surface area contributed by atoms with E-state index < -0.39 is 54.7 Å². The third-order valence-electron chi connectivity index (χ3n) is 7.77. The van der Waals surface area contributed by atoms with Crippen LogP contribution in [-0.4, -0.2) is 59.9 Å². The molecule has 0 bridgehead atoms. The molecule has 0 saturated carbocycles. The van der Waals surface area contributed by atoms with Crippen molar-refractivity contribution in [2.75, 3.05) is 6.61 Å². The maximum Gasteiger partial charge on any atom is 0.338 e. The Morgan fingerprint density at radius 3 is 1.96 bits per heavy atom. The van der Waals surface area contributed by atoms with Gasteiger partial charge < -0.3 is 23.7 Å². The summed E-state index contributed by atoms with van der Waals surface area (Å²) in [6.45, 7) is 1.49. The number of esters is 1. The van der Waals surface area contributed by atoms with Gasteiger partial charge in [0, 0.05) is 18.1 Å². The molecule has 2 aliphatic heterocycles. The summed E-state index contributed by atoms with van der Waals surface area (Å²) in [7, 11) is 0. The molecule has 2 fully saturated rings. The van der Waals surface area contributed by atoms with Gasteiger partial charge in [-0.25, -0.2) is 4.79 Å². The lowest BCUT2D eigenvalue weighted by atomic mass is 9.93. The number of hydrogen-bond donors (Lipinski definition) is 0. The normalized spacial score (nSPS) is 24.2. The number of fused-ring (bicyclic) bond motifs is 1. The standard InChI is InChI=1S/C36H33NO8/c1-24(38)37(33(39)26-16-8-3-9-17-26)30-32(44-34(40)27-18-10-4-11-19-27)31-29(23-42-35(45-31)28-20-12-5-13-21-28)43-36(30)41-22-25-14-6-2-7-15-25/h2-21,29-32,35-36H,22-23H2,1H3/t29-,30-,31-,32-,35-,36+/m1/s1. The van der Waals surface area contributed by atoms with Crippen LogP contribution in [0.2, 0.25) is 0 Å². The van der Waals surface area contributed by atoms with E-state index in [2.05, 4.69) is 0 Å². The number of carbonyl (C=O) groups is 3. The molecule has 2 aliphatic rings. The van der Waals surface area contributed by atoms with Crippen molar-refractivity contribution in [3.63, 3.8) is 0 Å². The number of carbonyl (C=O) groups excluding carboxylic acids is 3. The summed E-state index contributed by atoms with van der Waals surface area (Å²) >= 11 is 0. The molecule has 6 atom stereocenters. The lowest BCUT2D eigenvalue weighted by Crippen LogP contribution is -2.69. The van der Waals surface area contributed by atoms with E-state index in [0.717, 1.165) is 16.0 Å². The second-order valence-electron chi connectivity index (χ2n) is 10.8. The van der Waals surface area contributed by atoms with Gasteiger partial charge in [-0.15, -0.1) is 0 Å². The van der Waals surface area contributed by atoms with Crippen LogP contribution in [0.25, 0.3) is 0 Å². The summed E-state index contributed by atoms with van der Waals surface area (Å²) in [5, 5.41) is 0. The van der Waals surface area contributed by atoms with E-state index in [-0.39, 0.29) is 18.8 Å². The lowest BCUT2D eigenvalue weighted by Gasteiger charge is -2.50. The Morgan fingerprint density at radius 2 is 1.33 bits per heavy atom. The zero-order valence-corrected chi connectivity index (χ0v) is 24.6. The minimum Gasteiger partial charge on any atom is -0.453 e. The largest absolute Gasteiger partial charge is 0.453 e. The van der Waals surface area contributed by atoms with Crippen LogP contribution in [0.1, 0.15) is 45.1 Å². The maximum absolute atomic E-state index is 14.0. The quantitative estimate of drug-likeness (QED) is 0.248. The highest BCUT2D eigenvalue weighted by Crippen LogP contribution is 2.38. The highest BCUT2D eigenvalue weighted by molar-refractivity contribution is 6.04. The van der Waals surface area contributed by atoms with E-state index in [9.17, 15) is 14.4 Å². The molecule has 2 saturated heterocycles. The molecule has 0 aliphatic carbocycles. The number of amides is 2. The minimum atomic E-state index is -1.21. The Hall–Kier alpha value is -4.67. The van der Waals surface area contributed by atoms with Crippen LogP contribution >= 0.6 is 0 Å². The van der Waals surface area contributed by atoms with E-state index in [1.54, 1.807) is 60.7 Å². The molecule has 6 rings (SSSR count). The average molecular weight is 608 g/mol. The summed E-state index contributed by atoms with van der Waals surface area (Å²) in [4.78, 5) is 42.1. The van der Waals surface area contributed by atoms with Crippen LogP contribution in [0.3, 0.4) is 0 Å². The van der Waals surface area contributed by atoms with Gasteiger partial charge in [0.2, 0.25) is 5.91 Å². The monoisotopic (exact) mass is 607 g/mol. The van der Waals surface area contributed by atoms with Crippen molar-refractivity contribution in [2.24, 2.45) is 0 Å². The summed E-state index contributed by atoms with van der Waals surface area (Å²) in [6.07, 6.45) is -4.81. The van der Waals surface area contributed by atoms with E-state index in [1.807, 2.05) is 60.7 Å². The molecule has 0 N–H and O–H groups in total. The smallest absolute Gasteiger partial charge is 0.338 e. The molecule has 4 aromatic rings. The van der Waals surface area contributed by atoms with E-state index in [0.29, 0.717) is 5.56 Å². The van der Waals surface area contributed by atoms with Crippen LogP contribution in [0.5, 0.6) is 0 Å². The van der Waals surface area contributed by atoms with E-state index >= 15 is 0 Å². The second-order valence-corrected chi connectivity index (χ2v) is 10.8. The van der Waals surface area contributed by atoms with Crippen molar-refractivity contribution in [3.8, 4) is 0 Å². The van der Waals surface area contributed by atoms with Crippen LogP contribution < -0.4 is 0 Å². The first-order valence-electron chi connectivity index (χ1n) is 14.8. The van der Waals surface area contributed by atoms with Crippen LogP contribution in [0.4, 0.5) is 0 Å². The van der Waals surface area contributed by atoms with Crippen LogP contribution in [0.15, 0.2) is 121 Å². The number of ether oxygens (including phenoxy) is 5. The molecule has 9 nitrogen and oxygen atoms in total. The number of nitrogens with zero attached hydrogens (tertiary/aromatic N) is 1. The molecule has 0 radical (unpaired) electrons. The fraction of sp³-hybridized carbons (Fsp3) is 0.250. The fourth-order valence-electron chi connectivity index (χ4n) is 5.61. The second kappa shape index (κ2) is 14.0. The molecule has 0 unspecified atom stereocenters. The van der Waals surface area contributed by atoms with Crippen LogP contribution in [-0.2, 0) is 35.1 Å². The van der Waals surface area contributed by atoms with Crippen molar-refractivity contribution in [1.29, 1.82) is 0 Å². The number of benzene rings is 4. The van der Waals surface area contributed by atoms with Crippen molar-refractivity contribution < 1.29 is 38.1 Å². The maximum atomic E-state index is 14.0. The molecule has 230 valence electrons. The first kappa shape index (κ1) is 30.4. The Labute approximate surface area is 261 Å². The van der Waals surface area contributed by atoms with Gasteiger partial charge in [-0.05, 0) is 29.8 Å². The Balaban J connectivity index is 1.42. The summed E-state index contributed by atoms with van der Waals surface area (Å²) in [5.41, 5.74) is 2.19. The predicted molar refractivity (Wildman–Crippen MR) is 163 cm³/mol. The van der Waals surface area contributed by atoms with Crippen molar-refractivity contribution >= 4 is 17.8 Å². The first-order valence-corrected chi connectivity index (χ1v) is 14.8. The molecule has 0 aromatic heterocycles. The SMILES string of the molecule is CC(=O)N(C(=O)c1ccccc1)[C@H]1[C@@H](OCc2ccccc2)O[C@@H]2CO[C@@H](c3ccccc3)O[C@H]2[C@@H]1OC(=O)c1ccccc1. The predicted octanol–water partition coefficient (Wildman–Crippen LogP) is 5.33. The Kier molecular flexibility index (Phi) is 9.42. The molecule has 9 heteroatoms. The zero-order valence-electron chi connectivity index (χ0n) is 24.6. The highest BCUT2D eigenvalue weighted by Gasteiger charge is 2.56. The van der Waals surface area contributed by atoms with E-state index in [1.165, 1.54) is 6.92 Å². The molecular formula is C36H33NO8. The van der Waals surface area contributed by atoms with Crippen molar-refractivity contribution in [3.05, 3.63) is 144 Å². The van der Waals surface area contributed by atoms with Gasteiger partial charge in [0.05, 0.1) is 18.8 Å². The number of hydrogen-bond acceptors (Lipinski definition) is 8. The highest BCUT2D eigenvalue weighted by atomic mass is 16.8. The lowest BCUT2D eigenvalue weighted by molar-refractivity contribution is -0.350. The number of rotatable bonds is 8. The van der Waals surface area contributed by atoms with Gasteiger partial charge in [0.25, 0.3) is 5.91 Å². The molecule has 2 amide bonds. The van der Waals surface area contributed by atoms with E-state index in [4.69, 9.17) is 23.7 Å². The topological polar surface area (TPSA) is 101 Å². The van der Waals surface area contributed by atoms with Crippen molar-refractivity contribution in [1.82, 2.24) is 4.90 Å². The molecular weight excluding hydrogens is 574 g/mol. The molecule has 45 heavy (non-hydrogen) atoms. The first-order chi connectivity index (χ1) is 22.0. The summed E-state index contributed by atoms with van der Waals surface area (Å²) in [5.74, 6) is -1.80. The van der Waals surface area contributed by atoms with Gasteiger partial charge in [0.15, 0.2) is 18.7 Å². The fourth-order valence-corrected chi connectivity index (χ4v) is 5.61. The molecule has 0 spiro atoms. The zero-order chi connectivity index (χ0) is 31.2. The van der Waals surface area contributed by atoms with Crippen molar-refractivity contribution in [2.45, 2.75) is 50.5 Å². The summed E-state index contributed by atoms with van der Waals surface area (Å²) in [6, 6.07) is 34.5. The Morgan fingerprint density at radius 1 is 0.756 bits per heavy atom. The minimum absolute atomic E-state index is 0.0915. The third kappa shape index (κ3) is 6.87. The third-order valence-corrected chi connectivity index (χ3v) is 7.77. The van der Waals surface area contributed by atoms with Gasteiger partial charge in [-0.2, -0.15) is 0 Å². The van der Waals surface area contributed by atoms with Gasteiger partial charge >= 0.3 is 5.97 Å². The number of imide groups is 1. The van der Waals surface area contributed by atoms with Gasteiger partial charge in [-0.3, -0.25) is 14.5 Å².